The highest BCUT2D eigenvalue weighted by Crippen LogP contribution is 2.38. The van der Waals surface area contributed by atoms with E-state index in [2.05, 4.69) is 0 Å². The van der Waals surface area contributed by atoms with Crippen LogP contribution in [0.4, 0.5) is 0 Å². The van der Waals surface area contributed by atoms with E-state index in [-0.39, 0.29) is 5.25 Å². The van der Waals surface area contributed by atoms with Gasteiger partial charge in [0.05, 0.1) is 28.5 Å². The lowest BCUT2D eigenvalue weighted by Gasteiger charge is -2.32. The molecule has 0 unspecified atom stereocenters. The molecule has 2 fully saturated rings. The first kappa shape index (κ1) is 16.8. The van der Waals surface area contributed by atoms with Crippen molar-refractivity contribution in [3.63, 3.8) is 0 Å². The van der Waals surface area contributed by atoms with E-state index >= 15 is 0 Å². The fourth-order valence-corrected chi connectivity index (χ4v) is 4.27. The van der Waals surface area contributed by atoms with Crippen LogP contribution in [0.5, 0.6) is 5.75 Å². The third kappa shape index (κ3) is 2.79. The molecule has 0 N–H and O–H groups in total. The first-order valence-electron chi connectivity index (χ1n) is 7.86. The van der Waals surface area contributed by atoms with Gasteiger partial charge in [0, 0.05) is 5.46 Å². The first-order chi connectivity index (χ1) is 10.6. The van der Waals surface area contributed by atoms with Crippen molar-refractivity contribution in [1.82, 2.24) is 0 Å². The van der Waals surface area contributed by atoms with E-state index in [9.17, 15) is 8.42 Å². The zero-order chi connectivity index (χ0) is 17.0. The normalized spacial score (nSPS) is 23.1. The van der Waals surface area contributed by atoms with Gasteiger partial charge in [0.15, 0.2) is 9.84 Å². The standard InChI is InChI=1S/C16H23BO5S/c1-15(2)16(3,4)22-17(21-15)13-9-8-12(10-14(13)20-5)23(18,19)11-6-7-11/h8-11H,6-7H2,1-5H3. The molecule has 3 rings (SSSR count). The molecular formula is C16H23BO5S. The quantitative estimate of drug-likeness (QED) is 0.785. The van der Waals surface area contributed by atoms with E-state index in [1.165, 1.54) is 7.11 Å². The Morgan fingerprint density at radius 3 is 2.17 bits per heavy atom. The van der Waals surface area contributed by atoms with Crippen molar-refractivity contribution in [2.75, 3.05) is 7.11 Å². The molecule has 0 atom stereocenters. The van der Waals surface area contributed by atoms with Crippen LogP contribution >= 0.6 is 0 Å². The maximum Gasteiger partial charge on any atom is 0.498 e. The fourth-order valence-electron chi connectivity index (χ4n) is 2.60. The summed E-state index contributed by atoms with van der Waals surface area (Å²) in [6.07, 6.45) is 1.48. The van der Waals surface area contributed by atoms with Crippen LogP contribution in [-0.4, -0.2) is 39.1 Å². The number of ether oxygens (including phenoxy) is 1. The minimum absolute atomic E-state index is 0.241. The summed E-state index contributed by atoms with van der Waals surface area (Å²) in [7, 11) is -2.30. The Balaban J connectivity index is 1.96. The molecule has 126 valence electrons. The third-order valence-corrected chi connectivity index (χ3v) is 7.26. The lowest BCUT2D eigenvalue weighted by molar-refractivity contribution is 0.00578. The van der Waals surface area contributed by atoms with Crippen LogP contribution in [0.1, 0.15) is 40.5 Å². The molecule has 2 aliphatic rings. The SMILES string of the molecule is COc1cc(S(=O)(=O)C2CC2)ccc1B1OC(C)(C)C(C)(C)O1. The van der Waals surface area contributed by atoms with Gasteiger partial charge in [-0.05, 0) is 52.7 Å². The molecule has 0 radical (unpaired) electrons. The monoisotopic (exact) mass is 338 g/mol. The number of benzene rings is 1. The average molecular weight is 338 g/mol. The number of methoxy groups -OCH3 is 1. The molecule has 0 bridgehead atoms. The summed E-state index contributed by atoms with van der Waals surface area (Å²) in [5.74, 6) is 0.477. The van der Waals surface area contributed by atoms with Gasteiger partial charge in [-0.2, -0.15) is 0 Å². The predicted octanol–water partition coefficient (Wildman–Crippen LogP) is 1.93. The van der Waals surface area contributed by atoms with E-state index < -0.39 is 28.2 Å². The zero-order valence-corrected chi connectivity index (χ0v) is 15.1. The highest BCUT2D eigenvalue weighted by atomic mass is 32.2. The molecule has 1 aliphatic carbocycles. The Hall–Kier alpha value is -1.05. The summed E-state index contributed by atoms with van der Waals surface area (Å²) < 4.78 is 42.2. The summed E-state index contributed by atoms with van der Waals surface area (Å²) in [6.45, 7) is 7.91. The lowest BCUT2D eigenvalue weighted by atomic mass is 9.78. The van der Waals surface area contributed by atoms with Crippen molar-refractivity contribution >= 4 is 22.4 Å². The average Bonchev–Trinajstić information content (AvgIpc) is 3.27. The fraction of sp³-hybridized carbons (Fsp3) is 0.625. The van der Waals surface area contributed by atoms with E-state index in [0.29, 0.717) is 16.1 Å². The van der Waals surface area contributed by atoms with Gasteiger partial charge < -0.3 is 14.0 Å². The molecule has 1 saturated carbocycles. The minimum Gasteiger partial charge on any atom is -0.497 e. The van der Waals surface area contributed by atoms with E-state index in [1.807, 2.05) is 27.7 Å². The van der Waals surface area contributed by atoms with Crippen LogP contribution < -0.4 is 10.2 Å². The van der Waals surface area contributed by atoms with Crippen molar-refractivity contribution < 1.29 is 22.5 Å². The molecule has 0 amide bonds. The second kappa shape index (κ2) is 5.23. The Bertz CT molecular complexity index is 706. The van der Waals surface area contributed by atoms with Gasteiger partial charge in [-0.1, -0.05) is 6.07 Å². The minimum atomic E-state index is -3.25. The Labute approximate surface area is 138 Å². The van der Waals surface area contributed by atoms with Gasteiger partial charge in [0.2, 0.25) is 0 Å². The molecule has 0 aromatic heterocycles. The summed E-state index contributed by atoms with van der Waals surface area (Å²) in [6, 6.07) is 4.93. The van der Waals surface area contributed by atoms with Gasteiger partial charge in [-0.3, -0.25) is 0 Å². The number of hydrogen-bond donors (Lipinski definition) is 0. The largest absolute Gasteiger partial charge is 0.498 e. The van der Waals surface area contributed by atoms with Crippen molar-refractivity contribution in [1.29, 1.82) is 0 Å². The Kier molecular flexibility index (Phi) is 3.82. The van der Waals surface area contributed by atoms with Crippen molar-refractivity contribution in [3.8, 4) is 5.75 Å². The van der Waals surface area contributed by atoms with Crippen LogP contribution in [0, 0.1) is 0 Å². The molecule has 1 saturated heterocycles. The zero-order valence-electron chi connectivity index (χ0n) is 14.3. The smallest absolute Gasteiger partial charge is 0.497 e. The van der Waals surface area contributed by atoms with Gasteiger partial charge >= 0.3 is 7.12 Å². The summed E-state index contributed by atoms with van der Waals surface area (Å²) in [5.41, 5.74) is -0.205. The number of hydrogen-bond acceptors (Lipinski definition) is 5. The molecule has 7 heteroatoms. The molecule has 5 nitrogen and oxygen atoms in total. The van der Waals surface area contributed by atoms with E-state index in [4.69, 9.17) is 14.0 Å². The highest BCUT2D eigenvalue weighted by molar-refractivity contribution is 7.92. The molecule has 1 aromatic carbocycles. The first-order valence-corrected chi connectivity index (χ1v) is 9.40. The molecular weight excluding hydrogens is 315 g/mol. The van der Waals surface area contributed by atoms with Crippen molar-refractivity contribution in [2.45, 2.75) is 61.9 Å². The maximum absolute atomic E-state index is 12.4. The van der Waals surface area contributed by atoms with Gasteiger partial charge in [0.1, 0.15) is 5.75 Å². The second-order valence-corrected chi connectivity index (χ2v) is 9.46. The number of sulfone groups is 1. The third-order valence-electron chi connectivity index (χ3n) is 5.00. The van der Waals surface area contributed by atoms with Crippen LogP contribution in [0.15, 0.2) is 23.1 Å². The molecule has 1 aromatic rings. The molecule has 0 spiro atoms. The molecule has 1 heterocycles. The van der Waals surface area contributed by atoms with E-state index in [1.54, 1.807) is 18.2 Å². The molecule has 1 aliphatic heterocycles. The van der Waals surface area contributed by atoms with Gasteiger partial charge in [-0.15, -0.1) is 0 Å². The van der Waals surface area contributed by atoms with Gasteiger partial charge in [-0.25, -0.2) is 8.42 Å². The Morgan fingerprint density at radius 2 is 1.70 bits per heavy atom. The number of rotatable bonds is 4. The van der Waals surface area contributed by atoms with Crippen LogP contribution in [0.2, 0.25) is 0 Å². The topological polar surface area (TPSA) is 61.8 Å². The predicted molar refractivity (Wildman–Crippen MR) is 88.9 cm³/mol. The van der Waals surface area contributed by atoms with Crippen LogP contribution in [-0.2, 0) is 19.1 Å². The summed E-state index contributed by atoms with van der Waals surface area (Å²) in [4.78, 5) is 0.303. The van der Waals surface area contributed by atoms with Crippen LogP contribution in [0.25, 0.3) is 0 Å². The van der Waals surface area contributed by atoms with Gasteiger partial charge in [0.25, 0.3) is 0 Å². The highest BCUT2D eigenvalue weighted by Gasteiger charge is 2.52. The van der Waals surface area contributed by atoms with Crippen molar-refractivity contribution in [3.05, 3.63) is 18.2 Å². The Morgan fingerprint density at radius 1 is 1.13 bits per heavy atom. The molecule has 23 heavy (non-hydrogen) atoms. The summed E-state index contributed by atoms with van der Waals surface area (Å²) in [5, 5.41) is -0.241. The lowest BCUT2D eigenvalue weighted by Crippen LogP contribution is -2.41. The van der Waals surface area contributed by atoms with Crippen LogP contribution in [0.3, 0.4) is 0 Å². The second-order valence-electron chi connectivity index (χ2n) is 7.24. The van der Waals surface area contributed by atoms with Crippen molar-refractivity contribution in [2.24, 2.45) is 0 Å². The maximum atomic E-state index is 12.4. The summed E-state index contributed by atoms with van der Waals surface area (Å²) >= 11 is 0. The van der Waals surface area contributed by atoms with E-state index in [0.717, 1.165) is 12.8 Å².